The summed E-state index contributed by atoms with van der Waals surface area (Å²) in [6.07, 6.45) is 4.02. The van der Waals surface area contributed by atoms with E-state index < -0.39 is 11.8 Å². The molecule has 0 amide bonds. The maximum Gasteiger partial charge on any atom is 0.252 e. The van der Waals surface area contributed by atoms with Crippen LogP contribution in [-0.2, 0) is 9.53 Å². The summed E-state index contributed by atoms with van der Waals surface area (Å²) in [6, 6.07) is 0. The van der Waals surface area contributed by atoms with Crippen molar-refractivity contribution < 1.29 is 19.4 Å². The fourth-order valence-electron chi connectivity index (χ4n) is 3.18. The predicted molar refractivity (Wildman–Crippen MR) is 75.0 cm³/mol. The molecule has 4 heteroatoms. The van der Waals surface area contributed by atoms with Crippen LogP contribution in [0.5, 0.6) is 0 Å². The van der Waals surface area contributed by atoms with Gasteiger partial charge in [-0.25, -0.2) is 0 Å². The molecule has 0 aromatic heterocycles. The lowest BCUT2D eigenvalue weighted by Crippen LogP contribution is -2.44. The number of allylic oxidation sites excluding steroid dienone is 2. The van der Waals surface area contributed by atoms with Crippen molar-refractivity contribution in [1.29, 1.82) is 0 Å². The van der Waals surface area contributed by atoms with Crippen LogP contribution in [0, 0.1) is 17.3 Å². The van der Waals surface area contributed by atoms with Crippen LogP contribution in [-0.4, -0.2) is 17.5 Å². The van der Waals surface area contributed by atoms with Crippen LogP contribution in [0.3, 0.4) is 0 Å². The maximum absolute atomic E-state index is 12.7. The molecule has 114 valence electrons. The first-order chi connectivity index (χ1) is 9.11. The molecule has 0 fully saturated rings. The van der Waals surface area contributed by atoms with E-state index >= 15 is 0 Å². The van der Waals surface area contributed by atoms with E-state index in [4.69, 9.17) is 4.74 Å². The van der Waals surface area contributed by atoms with Crippen molar-refractivity contribution in [2.45, 2.75) is 59.5 Å². The standard InChI is InChI=1S/C16H26O4/c1-6-16(5,20-14(18)19)10-12(17)13-11(2)8-7-9-15(13,3)4/h7-8,11,13H,6,9-10H2,1-5H3,(H,18,19)/p-1. The molecule has 0 bridgehead atoms. The lowest BCUT2D eigenvalue weighted by molar-refractivity contribution is -0.294. The molecule has 1 aliphatic rings. The molecule has 1 aliphatic carbocycles. The molecule has 20 heavy (non-hydrogen) atoms. The summed E-state index contributed by atoms with van der Waals surface area (Å²) in [5.41, 5.74) is -1.10. The van der Waals surface area contributed by atoms with Crippen LogP contribution >= 0.6 is 0 Å². The van der Waals surface area contributed by atoms with Gasteiger partial charge >= 0.3 is 0 Å². The Balaban J connectivity index is 2.88. The molecule has 1 rings (SSSR count). The van der Waals surface area contributed by atoms with Crippen LogP contribution in [0.15, 0.2) is 12.2 Å². The number of ketones is 1. The van der Waals surface area contributed by atoms with Crippen LogP contribution in [0.2, 0.25) is 0 Å². The first kappa shape index (κ1) is 16.7. The first-order valence-corrected chi connectivity index (χ1v) is 7.20. The Morgan fingerprint density at radius 1 is 1.45 bits per heavy atom. The highest BCUT2D eigenvalue weighted by atomic mass is 16.7. The quantitative estimate of drug-likeness (QED) is 0.574. The molecule has 0 saturated heterocycles. The highest BCUT2D eigenvalue weighted by molar-refractivity contribution is 5.83. The molecular weight excluding hydrogens is 256 g/mol. The van der Waals surface area contributed by atoms with Crippen molar-refractivity contribution in [3.8, 4) is 0 Å². The summed E-state index contributed by atoms with van der Waals surface area (Å²) in [6.45, 7) is 9.66. The van der Waals surface area contributed by atoms with Crippen LogP contribution in [0.25, 0.3) is 0 Å². The van der Waals surface area contributed by atoms with Gasteiger partial charge in [0.15, 0.2) is 0 Å². The first-order valence-electron chi connectivity index (χ1n) is 7.20. The van der Waals surface area contributed by atoms with Gasteiger partial charge in [0.2, 0.25) is 0 Å². The molecule has 0 aliphatic heterocycles. The summed E-state index contributed by atoms with van der Waals surface area (Å²) >= 11 is 0. The van der Waals surface area contributed by atoms with E-state index in [-0.39, 0.29) is 29.5 Å². The number of Topliss-reactive ketones (excluding diaryl/α,β-unsaturated/α-hetero) is 1. The van der Waals surface area contributed by atoms with E-state index in [2.05, 4.69) is 26.0 Å². The number of rotatable bonds is 5. The van der Waals surface area contributed by atoms with E-state index in [0.29, 0.717) is 6.42 Å². The zero-order chi connectivity index (χ0) is 15.6. The normalized spacial score (nSPS) is 27.6. The van der Waals surface area contributed by atoms with E-state index in [9.17, 15) is 14.7 Å². The zero-order valence-electron chi connectivity index (χ0n) is 13.1. The second-order valence-corrected chi connectivity index (χ2v) is 6.76. The van der Waals surface area contributed by atoms with Gasteiger partial charge < -0.3 is 14.6 Å². The van der Waals surface area contributed by atoms with Gasteiger partial charge in [-0.2, -0.15) is 0 Å². The Hall–Kier alpha value is -1.32. The van der Waals surface area contributed by atoms with Gasteiger partial charge in [0, 0.05) is 12.3 Å². The Kier molecular flexibility index (Phi) is 5.00. The van der Waals surface area contributed by atoms with Gasteiger partial charge in [0.25, 0.3) is 6.16 Å². The molecule has 0 N–H and O–H groups in total. The van der Waals surface area contributed by atoms with E-state index in [1.807, 2.05) is 13.8 Å². The molecule has 0 heterocycles. The molecular formula is C16H25O4-. The van der Waals surface area contributed by atoms with Crippen LogP contribution in [0.1, 0.15) is 53.9 Å². The zero-order valence-corrected chi connectivity index (χ0v) is 13.1. The fourth-order valence-corrected chi connectivity index (χ4v) is 3.18. The van der Waals surface area contributed by atoms with Crippen molar-refractivity contribution in [1.82, 2.24) is 0 Å². The fraction of sp³-hybridized carbons (Fsp3) is 0.750. The molecule has 0 spiro atoms. The highest BCUT2D eigenvalue weighted by Gasteiger charge is 2.41. The molecule has 0 aromatic carbocycles. The summed E-state index contributed by atoms with van der Waals surface area (Å²) < 4.78 is 4.82. The third-order valence-corrected chi connectivity index (χ3v) is 4.42. The smallest absolute Gasteiger partial charge is 0.252 e. The van der Waals surface area contributed by atoms with Gasteiger partial charge in [-0.3, -0.25) is 4.79 Å². The van der Waals surface area contributed by atoms with Crippen molar-refractivity contribution >= 4 is 11.9 Å². The summed E-state index contributed by atoms with van der Waals surface area (Å²) in [4.78, 5) is 23.3. The van der Waals surface area contributed by atoms with Gasteiger partial charge in [-0.05, 0) is 31.1 Å². The predicted octanol–water partition coefficient (Wildman–Crippen LogP) is 2.71. The number of hydrogen-bond donors (Lipinski definition) is 0. The Bertz CT molecular complexity index is 411. The second kappa shape index (κ2) is 5.98. The number of hydrogen-bond acceptors (Lipinski definition) is 4. The van der Waals surface area contributed by atoms with E-state index in [0.717, 1.165) is 6.42 Å². The Morgan fingerprint density at radius 2 is 2.05 bits per heavy atom. The average molecular weight is 281 g/mol. The van der Waals surface area contributed by atoms with Crippen molar-refractivity contribution in [2.75, 3.05) is 0 Å². The highest BCUT2D eigenvalue weighted by Crippen LogP contribution is 2.42. The van der Waals surface area contributed by atoms with E-state index in [1.165, 1.54) is 0 Å². The Morgan fingerprint density at radius 3 is 2.50 bits per heavy atom. The van der Waals surface area contributed by atoms with Crippen LogP contribution in [0.4, 0.5) is 4.79 Å². The topological polar surface area (TPSA) is 66.4 Å². The SMILES string of the molecule is CCC(C)(CC(=O)C1C(C)C=CCC1(C)C)OC(=O)[O-]. The molecule has 0 radical (unpaired) electrons. The largest absolute Gasteiger partial charge is 0.543 e. The molecule has 3 atom stereocenters. The summed E-state index contributed by atoms with van der Waals surface area (Å²) in [7, 11) is 0. The molecule has 0 saturated carbocycles. The average Bonchev–Trinajstić information content (AvgIpc) is 2.25. The summed E-state index contributed by atoms with van der Waals surface area (Å²) in [5, 5.41) is 10.7. The Labute approximate surface area is 121 Å². The number of carboxylic acid groups (broad SMARTS) is 1. The number of carbonyl (C=O) groups excluding carboxylic acids is 2. The lowest BCUT2D eigenvalue weighted by atomic mass is 9.64. The number of ether oxygens (including phenoxy) is 1. The maximum atomic E-state index is 12.7. The second-order valence-electron chi connectivity index (χ2n) is 6.76. The summed E-state index contributed by atoms with van der Waals surface area (Å²) in [5.74, 6) is 0.122. The molecule has 0 aromatic rings. The minimum atomic E-state index is -1.57. The van der Waals surface area contributed by atoms with Crippen molar-refractivity contribution in [2.24, 2.45) is 17.3 Å². The molecule has 3 unspecified atom stereocenters. The number of carbonyl (C=O) groups is 2. The van der Waals surface area contributed by atoms with E-state index in [1.54, 1.807) is 6.92 Å². The van der Waals surface area contributed by atoms with Gasteiger partial charge in [0.05, 0.1) is 5.60 Å². The van der Waals surface area contributed by atoms with Gasteiger partial charge in [0.1, 0.15) is 5.78 Å². The third kappa shape index (κ3) is 3.84. The van der Waals surface area contributed by atoms with Crippen molar-refractivity contribution in [3.05, 3.63) is 12.2 Å². The minimum Gasteiger partial charge on any atom is -0.543 e. The lowest BCUT2D eigenvalue weighted by Gasteiger charge is -2.41. The van der Waals surface area contributed by atoms with Crippen LogP contribution < -0.4 is 5.11 Å². The minimum absolute atomic E-state index is 0.0671. The monoisotopic (exact) mass is 281 g/mol. The third-order valence-electron chi connectivity index (χ3n) is 4.42. The van der Waals surface area contributed by atoms with Crippen molar-refractivity contribution in [3.63, 3.8) is 0 Å². The van der Waals surface area contributed by atoms with Gasteiger partial charge in [-0.1, -0.05) is 39.8 Å². The van der Waals surface area contributed by atoms with Gasteiger partial charge in [-0.15, -0.1) is 0 Å². The molecule has 4 nitrogen and oxygen atoms in total.